The molecule has 0 N–H and O–H groups in total. The molecule has 0 bridgehead atoms. The average molecular weight is 328 g/mol. The fourth-order valence-corrected chi connectivity index (χ4v) is 3.62. The van der Waals surface area contributed by atoms with E-state index in [0.29, 0.717) is 10.0 Å². The van der Waals surface area contributed by atoms with Crippen molar-refractivity contribution in [3.8, 4) is 0 Å². The Hall–Kier alpha value is -0.730. The average Bonchev–Trinajstić information content (AvgIpc) is 2.48. The van der Waals surface area contributed by atoms with Crippen molar-refractivity contribution in [2.45, 2.75) is 51.4 Å². The number of piperidine rings is 1. The SMILES string of the molecule is CCCCC1(c2ccc(Cl)c(Cl)c2)CCCN(C(C)=O)C1. The van der Waals surface area contributed by atoms with Gasteiger partial charge in [0.15, 0.2) is 0 Å². The van der Waals surface area contributed by atoms with Crippen LogP contribution in [-0.4, -0.2) is 23.9 Å². The van der Waals surface area contributed by atoms with E-state index in [1.165, 1.54) is 5.56 Å². The summed E-state index contributed by atoms with van der Waals surface area (Å²) in [4.78, 5) is 13.8. The molecule has 1 unspecified atom stereocenters. The smallest absolute Gasteiger partial charge is 0.219 e. The Labute approximate surface area is 137 Å². The van der Waals surface area contributed by atoms with Gasteiger partial charge in [-0.25, -0.2) is 0 Å². The monoisotopic (exact) mass is 327 g/mol. The summed E-state index contributed by atoms with van der Waals surface area (Å²) in [5.74, 6) is 0.163. The van der Waals surface area contributed by atoms with Gasteiger partial charge in [0.2, 0.25) is 5.91 Å². The zero-order chi connectivity index (χ0) is 15.5. The molecule has 1 aliphatic heterocycles. The standard InChI is InChI=1S/C17H23Cl2NO/c1-3-4-8-17(9-5-10-20(12-17)13(2)21)14-6-7-15(18)16(19)11-14/h6-7,11H,3-5,8-10,12H2,1-2H3. The third-order valence-corrected chi connectivity index (χ3v) is 5.30. The molecule has 1 amide bonds. The van der Waals surface area contributed by atoms with Gasteiger partial charge >= 0.3 is 0 Å². The van der Waals surface area contributed by atoms with Crippen molar-refractivity contribution in [2.24, 2.45) is 0 Å². The van der Waals surface area contributed by atoms with Gasteiger partial charge in [0.25, 0.3) is 0 Å². The lowest BCUT2D eigenvalue weighted by Gasteiger charge is -2.43. The van der Waals surface area contributed by atoms with Crippen LogP contribution in [0.2, 0.25) is 10.0 Å². The minimum absolute atomic E-state index is 0.0220. The van der Waals surface area contributed by atoms with E-state index < -0.39 is 0 Å². The molecule has 0 spiro atoms. The first-order chi connectivity index (χ1) is 9.98. The molecular weight excluding hydrogens is 305 g/mol. The van der Waals surface area contributed by atoms with Crippen LogP contribution >= 0.6 is 23.2 Å². The number of amides is 1. The number of carbonyl (C=O) groups is 1. The molecule has 1 heterocycles. The Morgan fingerprint density at radius 1 is 1.33 bits per heavy atom. The number of likely N-dealkylation sites (tertiary alicyclic amines) is 1. The molecule has 0 saturated carbocycles. The quantitative estimate of drug-likeness (QED) is 0.756. The minimum Gasteiger partial charge on any atom is -0.342 e. The normalized spacial score (nSPS) is 22.4. The lowest BCUT2D eigenvalue weighted by Crippen LogP contribution is -2.47. The molecule has 1 aromatic carbocycles. The van der Waals surface area contributed by atoms with Gasteiger partial charge in [0, 0.05) is 25.4 Å². The first kappa shape index (κ1) is 16.6. The summed E-state index contributed by atoms with van der Waals surface area (Å²) in [6, 6.07) is 5.94. The zero-order valence-electron chi connectivity index (χ0n) is 12.8. The summed E-state index contributed by atoms with van der Waals surface area (Å²) in [6.45, 7) is 5.52. The summed E-state index contributed by atoms with van der Waals surface area (Å²) in [5.41, 5.74) is 1.24. The summed E-state index contributed by atoms with van der Waals surface area (Å²) < 4.78 is 0. The van der Waals surface area contributed by atoms with Crippen LogP contribution in [0.5, 0.6) is 0 Å². The molecule has 2 rings (SSSR count). The first-order valence-electron chi connectivity index (χ1n) is 7.69. The van der Waals surface area contributed by atoms with Crippen molar-refractivity contribution in [1.82, 2.24) is 4.90 Å². The topological polar surface area (TPSA) is 20.3 Å². The van der Waals surface area contributed by atoms with Crippen LogP contribution in [0.25, 0.3) is 0 Å². The van der Waals surface area contributed by atoms with E-state index >= 15 is 0 Å². The van der Waals surface area contributed by atoms with Crippen LogP contribution in [0, 0.1) is 0 Å². The van der Waals surface area contributed by atoms with Crippen molar-refractivity contribution < 1.29 is 4.79 Å². The van der Waals surface area contributed by atoms with E-state index in [1.54, 1.807) is 6.92 Å². The molecular formula is C17H23Cl2NO. The van der Waals surface area contributed by atoms with E-state index in [-0.39, 0.29) is 11.3 Å². The fourth-order valence-electron chi connectivity index (χ4n) is 3.33. The van der Waals surface area contributed by atoms with Crippen molar-refractivity contribution in [2.75, 3.05) is 13.1 Å². The molecule has 1 fully saturated rings. The van der Waals surface area contributed by atoms with E-state index in [0.717, 1.165) is 45.2 Å². The Balaban J connectivity index is 2.35. The van der Waals surface area contributed by atoms with Crippen molar-refractivity contribution in [1.29, 1.82) is 0 Å². The molecule has 1 aliphatic rings. The van der Waals surface area contributed by atoms with Gasteiger partial charge in [-0.1, -0.05) is 49.0 Å². The molecule has 0 aromatic heterocycles. The summed E-state index contributed by atoms with van der Waals surface area (Å²) in [5, 5.41) is 1.19. The number of unbranched alkanes of at least 4 members (excludes halogenated alkanes) is 1. The third kappa shape index (κ3) is 3.73. The van der Waals surface area contributed by atoms with Crippen LogP contribution in [-0.2, 0) is 10.2 Å². The Kier molecular flexibility index (Phi) is 5.56. The second kappa shape index (κ2) is 7.02. The highest BCUT2D eigenvalue weighted by atomic mass is 35.5. The zero-order valence-corrected chi connectivity index (χ0v) is 14.3. The molecule has 2 nitrogen and oxygen atoms in total. The maximum absolute atomic E-state index is 11.8. The number of halogens is 2. The van der Waals surface area contributed by atoms with Gasteiger partial charge in [-0.15, -0.1) is 0 Å². The van der Waals surface area contributed by atoms with Gasteiger partial charge in [-0.2, -0.15) is 0 Å². The Morgan fingerprint density at radius 3 is 2.71 bits per heavy atom. The van der Waals surface area contributed by atoms with Crippen LogP contribution in [0.15, 0.2) is 18.2 Å². The minimum atomic E-state index is 0.0220. The predicted octanol–water partition coefficient (Wildman–Crippen LogP) is 5.06. The van der Waals surface area contributed by atoms with Crippen molar-refractivity contribution in [3.05, 3.63) is 33.8 Å². The fraction of sp³-hybridized carbons (Fsp3) is 0.588. The lowest BCUT2D eigenvalue weighted by molar-refractivity contribution is -0.131. The first-order valence-corrected chi connectivity index (χ1v) is 8.45. The van der Waals surface area contributed by atoms with E-state index in [9.17, 15) is 4.79 Å². The van der Waals surface area contributed by atoms with E-state index in [1.807, 2.05) is 17.0 Å². The van der Waals surface area contributed by atoms with Gasteiger partial charge in [-0.05, 0) is 37.0 Å². The van der Waals surface area contributed by atoms with Gasteiger partial charge in [0.05, 0.1) is 10.0 Å². The molecule has 1 saturated heterocycles. The molecule has 0 aliphatic carbocycles. The van der Waals surface area contributed by atoms with Crippen LogP contribution < -0.4 is 0 Å². The molecule has 116 valence electrons. The maximum Gasteiger partial charge on any atom is 0.219 e. The lowest BCUT2D eigenvalue weighted by atomic mass is 9.71. The number of nitrogens with zero attached hydrogens (tertiary/aromatic N) is 1. The van der Waals surface area contributed by atoms with Gasteiger partial charge in [-0.3, -0.25) is 4.79 Å². The van der Waals surface area contributed by atoms with Crippen molar-refractivity contribution >= 4 is 29.1 Å². The largest absolute Gasteiger partial charge is 0.342 e. The maximum atomic E-state index is 11.8. The van der Waals surface area contributed by atoms with E-state index in [4.69, 9.17) is 23.2 Å². The summed E-state index contributed by atoms with van der Waals surface area (Å²) in [6.07, 6.45) is 5.55. The number of carbonyl (C=O) groups excluding carboxylic acids is 1. The highest BCUT2D eigenvalue weighted by Crippen LogP contribution is 2.40. The molecule has 21 heavy (non-hydrogen) atoms. The summed E-state index contributed by atoms with van der Waals surface area (Å²) >= 11 is 12.3. The number of hydrogen-bond donors (Lipinski definition) is 0. The Bertz CT molecular complexity index is 518. The van der Waals surface area contributed by atoms with Crippen LogP contribution in [0.4, 0.5) is 0 Å². The highest BCUT2D eigenvalue weighted by molar-refractivity contribution is 6.42. The van der Waals surface area contributed by atoms with Gasteiger partial charge < -0.3 is 4.90 Å². The Morgan fingerprint density at radius 2 is 2.10 bits per heavy atom. The molecule has 0 radical (unpaired) electrons. The third-order valence-electron chi connectivity index (χ3n) is 4.56. The number of rotatable bonds is 4. The predicted molar refractivity (Wildman–Crippen MR) is 89.2 cm³/mol. The highest BCUT2D eigenvalue weighted by Gasteiger charge is 2.37. The number of benzene rings is 1. The molecule has 1 aromatic rings. The molecule has 4 heteroatoms. The van der Waals surface area contributed by atoms with Crippen LogP contribution in [0.1, 0.15) is 51.5 Å². The van der Waals surface area contributed by atoms with Crippen molar-refractivity contribution in [3.63, 3.8) is 0 Å². The van der Waals surface area contributed by atoms with Crippen LogP contribution in [0.3, 0.4) is 0 Å². The second-order valence-corrected chi connectivity index (χ2v) is 6.87. The van der Waals surface area contributed by atoms with E-state index in [2.05, 4.69) is 13.0 Å². The summed E-state index contributed by atoms with van der Waals surface area (Å²) in [7, 11) is 0. The molecule has 1 atom stereocenters. The second-order valence-electron chi connectivity index (χ2n) is 6.06. The van der Waals surface area contributed by atoms with Gasteiger partial charge in [0.1, 0.15) is 0 Å². The number of hydrogen-bond acceptors (Lipinski definition) is 1.